The van der Waals surface area contributed by atoms with Gasteiger partial charge in [-0.3, -0.25) is 19.8 Å². The van der Waals surface area contributed by atoms with Crippen LogP contribution in [-0.2, 0) is 17.8 Å². The van der Waals surface area contributed by atoms with Crippen molar-refractivity contribution in [1.29, 1.82) is 0 Å². The lowest BCUT2D eigenvalue weighted by Crippen LogP contribution is -2.48. The van der Waals surface area contributed by atoms with Gasteiger partial charge >= 0.3 is 0 Å². The zero-order valence-corrected chi connectivity index (χ0v) is 17.5. The molecule has 4 rings (SSSR count). The van der Waals surface area contributed by atoms with Gasteiger partial charge in [0.05, 0.1) is 17.7 Å². The third kappa shape index (κ3) is 5.29. The summed E-state index contributed by atoms with van der Waals surface area (Å²) >= 11 is 2.82. The Morgan fingerprint density at radius 1 is 1.03 bits per heavy atom. The van der Waals surface area contributed by atoms with E-state index >= 15 is 0 Å². The summed E-state index contributed by atoms with van der Waals surface area (Å²) in [6.07, 6.45) is 0.267. The molecule has 29 heavy (non-hydrogen) atoms. The molecule has 1 aliphatic heterocycles. The average molecular weight is 427 g/mol. The number of anilines is 1. The molecule has 6 nitrogen and oxygen atoms in total. The molecule has 3 heterocycles. The number of benzene rings is 1. The molecule has 2 aromatic heterocycles. The zero-order chi connectivity index (χ0) is 20.1. The highest BCUT2D eigenvalue weighted by Crippen LogP contribution is 2.18. The van der Waals surface area contributed by atoms with Crippen molar-refractivity contribution < 1.29 is 9.59 Å². The lowest BCUT2D eigenvalue weighted by molar-refractivity contribution is -0.132. The van der Waals surface area contributed by atoms with Crippen LogP contribution in [0.4, 0.5) is 5.13 Å². The second kappa shape index (κ2) is 9.30. The maximum absolute atomic E-state index is 12.6. The van der Waals surface area contributed by atoms with E-state index in [1.807, 2.05) is 21.7 Å². The first-order valence-electron chi connectivity index (χ1n) is 9.49. The molecule has 0 aliphatic carbocycles. The van der Waals surface area contributed by atoms with Crippen molar-refractivity contribution in [2.75, 3.05) is 31.5 Å². The molecule has 1 aromatic carbocycles. The van der Waals surface area contributed by atoms with Gasteiger partial charge < -0.3 is 4.90 Å². The van der Waals surface area contributed by atoms with Crippen LogP contribution < -0.4 is 5.32 Å². The van der Waals surface area contributed by atoms with E-state index < -0.39 is 0 Å². The van der Waals surface area contributed by atoms with E-state index in [4.69, 9.17) is 0 Å². The summed E-state index contributed by atoms with van der Waals surface area (Å²) in [4.78, 5) is 33.4. The predicted molar refractivity (Wildman–Crippen MR) is 116 cm³/mol. The molecule has 0 bridgehead atoms. The monoisotopic (exact) mass is 426 g/mol. The van der Waals surface area contributed by atoms with Gasteiger partial charge in [0, 0.05) is 43.5 Å². The first kappa shape index (κ1) is 19.8. The molecule has 0 saturated carbocycles. The van der Waals surface area contributed by atoms with E-state index in [9.17, 15) is 9.59 Å². The van der Waals surface area contributed by atoms with Crippen LogP contribution in [-0.4, -0.2) is 52.8 Å². The van der Waals surface area contributed by atoms with Crippen LogP contribution >= 0.6 is 22.7 Å². The van der Waals surface area contributed by atoms with Crippen molar-refractivity contribution >= 4 is 39.6 Å². The minimum Gasteiger partial charge on any atom is -0.340 e. The Balaban J connectivity index is 1.25. The van der Waals surface area contributed by atoms with Gasteiger partial charge in [-0.05, 0) is 17.0 Å². The molecule has 1 saturated heterocycles. The highest BCUT2D eigenvalue weighted by molar-refractivity contribution is 7.14. The molecular weight excluding hydrogens is 404 g/mol. The van der Waals surface area contributed by atoms with Gasteiger partial charge in [0.2, 0.25) is 5.91 Å². The van der Waals surface area contributed by atoms with Crippen LogP contribution in [0.3, 0.4) is 0 Å². The number of amides is 2. The lowest BCUT2D eigenvalue weighted by Gasteiger charge is -2.34. The van der Waals surface area contributed by atoms with E-state index in [2.05, 4.69) is 39.5 Å². The van der Waals surface area contributed by atoms with Crippen molar-refractivity contribution in [2.24, 2.45) is 0 Å². The SMILES string of the molecule is O=C(Nc1nc(CC(=O)N2CCN(Cc3ccccc3)CC2)cs1)c1ccsc1. The van der Waals surface area contributed by atoms with E-state index in [0.29, 0.717) is 16.4 Å². The molecule has 8 heteroatoms. The minimum atomic E-state index is -0.173. The van der Waals surface area contributed by atoms with Gasteiger partial charge in [0.25, 0.3) is 5.91 Å². The topological polar surface area (TPSA) is 65.5 Å². The molecular formula is C21H22N4O2S2. The van der Waals surface area contributed by atoms with Gasteiger partial charge in [0.15, 0.2) is 5.13 Å². The van der Waals surface area contributed by atoms with Crippen LogP contribution in [0.2, 0.25) is 0 Å². The third-order valence-electron chi connectivity index (χ3n) is 4.86. The molecule has 1 fully saturated rings. The summed E-state index contributed by atoms with van der Waals surface area (Å²) in [6.45, 7) is 4.14. The summed E-state index contributed by atoms with van der Waals surface area (Å²) in [7, 11) is 0. The van der Waals surface area contributed by atoms with E-state index in [1.54, 1.807) is 11.4 Å². The fourth-order valence-corrected chi connectivity index (χ4v) is 4.61. The quantitative estimate of drug-likeness (QED) is 0.657. The normalized spacial score (nSPS) is 14.7. The van der Waals surface area contributed by atoms with Crippen molar-refractivity contribution in [3.05, 3.63) is 69.4 Å². The van der Waals surface area contributed by atoms with Crippen LogP contribution in [0.1, 0.15) is 21.6 Å². The van der Waals surface area contributed by atoms with Gasteiger partial charge in [0.1, 0.15) is 0 Å². The third-order valence-corrected chi connectivity index (χ3v) is 6.35. The highest BCUT2D eigenvalue weighted by atomic mass is 32.1. The largest absolute Gasteiger partial charge is 0.340 e. The number of nitrogens with zero attached hydrogens (tertiary/aromatic N) is 3. The van der Waals surface area contributed by atoms with E-state index in [1.165, 1.54) is 28.2 Å². The van der Waals surface area contributed by atoms with Gasteiger partial charge in [-0.15, -0.1) is 11.3 Å². The fourth-order valence-electron chi connectivity index (χ4n) is 3.27. The van der Waals surface area contributed by atoms with Crippen LogP contribution in [0.5, 0.6) is 0 Å². The van der Waals surface area contributed by atoms with Crippen molar-refractivity contribution in [3.63, 3.8) is 0 Å². The average Bonchev–Trinajstić information content (AvgIpc) is 3.42. The first-order valence-corrected chi connectivity index (χ1v) is 11.3. The van der Waals surface area contributed by atoms with Crippen molar-refractivity contribution in [3.8, 4) is 0 Å². The summed E-state index contributed by atoms with van der Waals surface area (Å²) in [5.41, 5.74) is 2.62. The molecule has 150 valence electrons. The maximum Gasteiger partial charge on any atom is 0.258 e. The Morgan fingerprint density at radius 2 is 1.83 bits per heavy atom. The number of nitrogens with one attached hydrogen (secondary N) is 1. The van der Waals surface area contributed by atoms with Gasteiger partial charge in [-0.1, -0.05) is 30.3 Å². The van der Waals surface area contributed by atoms with Crippen LogP contribution in [0.15, 0.2) is 52.5 Å². The van der Waals surface area contributed by atoms with Crippen LogP contribution in [0, 0.1) is 0 Å². The molecule has 2 amide bonds. The molecule has 1 aliphatic rings. The molecule has 3 aromatic rings. The predicted octanol–water partition coefficient (Wildman–Crippen LogP) is 3.34. The number of aromatic nitrogens is 1. The van der Waals surface area contributed by atoms with Crippen molar-refractivity contribution in [2.45, 2.75) is 13.0 Å². The molecule has 0 spiro atoms. The maximum atomic E-state index is 12.6. The minimum absolute atomic E-state index is 0.0883. The fraction of sp³-hybridized carbons (Fsp3) is 0.286. The van der Waals surface area contributed by atoms with E-state index in [-0.39, 0.29) is 18.2 Å². The number of thiazole rings is 1. The Bertz CT molecular complexity index is 948. The number of carbonyl (C=O) groups excluding carboxylic acids is 2. The number of hydrogen-bond donors (Lipinski definition) is 1. The Hall–Kier alpha value is -2.55. The van der Waals surface area contributed by atoms with Crippen molar-refractivity contribution in [1.82, 2.24) is 14.8 Å². The zero-order valence-electron chi connectivity index (χ0n) is 15.9. The molecule has 0 atom stereocenters. The van der Waals surface area contributed by atoms with Crippen LogP contribution in [0.25, 0.3) is 0 Å². The Labute approximate surface area is 177 Å². The number of rotatable bonds is 6. The number of hydrogen-bond acceptors (Lipinski definition) is 6. The Morgan fingerprint density at radius 3 is 2.55 bits per heavy atom. The Kier molecular flexibility index (Phi) is 6.33. The van der Waals surface area contributed by atoms with E-state index in [0.717, 1.165) is 32.7 Å². The first-order chi connectivity index (χ1) is 14.2. The number of carbonyl (C=O) groups is 2. The summed E-state index contributed by atoms with van der Waals surface area (Å²) in [5.74, 6) is -0.0848. The standard InChI is InChI=1S/C21H22N4O2S2/c26-19(25-9-7-24(8-10-25)13-16-4-2-1-3-5-16)12-18-15-29-21(22-18)23-20(27)17-6-11-28-14-17/h1-6,11,14-15H,7-10,12-13H2,(H,22,23,27). The second-order valence-corrected chi connectivity index (χ2v) is 8.57. The summed E-state index contributed by atoms with van der Waals surface area (Å²) < 4.78 is 0. The lowest BCUT2D eigenvalue weighted by atomic mass is 10.2. The van der Waals surface area contributed by atoms with Gasteiger partial charge in [-0.2, -0.15) is 11.3 Å². The molecule has 0 radical (unpaired) electrons. The summed E-state index contributed by atoms with van der Waals surface area (Å²) in [5, 5.41) is 8.81. The van der Waals surface area contributed by atoms with Gasteiger partial charge in [-0.25, -0.2) is 4.98 Å². The summed E-state index contributed by atoms with van der Waals surface area (Å²) in [6, 6.07) is 12.2. The smallest absolute Gasteiger partial charge is 0.258 e. The highest BCUT2D eigenvalue weighted by Gasteiger charge is 2.22. The molecule has 1 N–H and O–H groups in total. The second-order valence-electron chi connectivity index (χ2n) is 6.93. The number of piperazine rings is 1. The molecule has 0 unspecified atom stereocenters. The number of thiophene rings is 1.